The van der Waals surface area contributed by atoms with Gasteiger partial charge in [-0.3, -0.25) is 4.79 Å². The molecule has 146 valence electrons. The highest BCUT2D eigenvalue weighted by atomic mass is 127. The molecule has 1 amide bonds. The molecule has 2 aromatic carbocycles. The highest BCUT2D eigenvalue weighted by Gasteiger charge is 2.19. The van der Waals surface area contributed by atoms with Gasteiger partial charge in [0.1, 0.15) is 17.3 Å². The van der Waals surface area contributed by atoms with Gasteiger partial charge in [0.25, 0.3) is 5.91 Å². The van der Waals surface area contributed by atoms with E-state index >= 15 is 0 Å². The molecule has 0 aromatic heterocycles. The van der Waals surface area contributed by atoms with Gasteiger partial charge in [-0.05, 0) is 51.9 Å². The third kappa shape index (κ3) is 5.78. The largest absolute Gasteiger partial charge is 0.497 e. The van der Waals surface area contributed by atoms with E-state index in [0.29, 0.717) is 16.9 Å². The van der Waals surface area contributed by atoms with E-state index in [4.69, 9.17) is 20.3 Å². The molecule has 8 heteroatoms. The Kier molecular flexibility index (Phi) is 7.81. The summed E-state index contributed by atoms with van der Waals surface area (Å²) in [4.78, 5) is 12.0. The van der Waals surface area contributed by atoms with Crippen LogP contribution in [0.5, 0.6) is 11.5 Å². The Bertz CT molecular complexity index is 815. The number of hydrogen-bond acceptors (Lipinski definition) is 5. The molecular formula is C19H21FINO5. The van der Waals surface area contributed by atoms with Gasteiger partial charge in [-0.25, -0.2) is 4.39 Å². The summed E-state index contributed by atoms with van der Waals surface area (Å²) >= 11 is 2.02. The van der Waals surface area contributed by atoms with Crippen molar-refractivity contribution in [2.24, 2.45) is 5.73 Å². The van der Waals surface area contributed by atoms with Crippen LogP contribution in [-0.2, 0) is 6.42 Å². The van der Waals surface area contributed by atoms with Crippen LogP contribution in [0.1, 0.15) is 27.9 Å². The molecule has 1 atom stereocenters. The van der Waals surface area contributed by atoms with Crippen LogP contribution in [0.25, 0.3) is 0 Å². The maximum Gasteiger partial charge on any atom is 0.252 e. The standard InChI is InChI=1S/C19H21FINO5/c1-26-15-7-12(6-11-2-3-13(21)8-16(11)20)18(19(22)25)17(9-15)27-5-4-14(24)10-23/h2-3,7-9,14,23-24H,4-6,10H2,1H3,(H2,22,25)/t14-/m1/s1. The number of primary amides is 1. The Morgan fingerprint density at radius 2 is 2.04 bits per heavy atom. The second-order valence-corrected chi connectivity index (χ2v) is 7.16. The van der Waals surface area contributed by atoms with Gasteiger partial charge in [0.2, 0.25) is 0 Å². The quantitative estimate of drug-likeness (QED) is 0.470. The molecule has 4 N–H and O–H groups in total. The van der Waals surface area contributed by atoms with E-state index < -0.39 is 12.0 Å². The van der Waals surface area contributed by atoms with Crippen molar-refractivity contribution in [3.05, 3.63) is 56.4 Å². The van der Waals surface area contributed by atoms with Gasteiger partial charge >= 0.3 is 0 Å². The van der Waals surface area contributed by atoms with Crippen LogP contribution in [0.15, 0.2) is 30.3 Å². The van der Waals surface area contributed by atoms with Crippen molar-refractivity contribution in [1.82, 2.24) is 0 Å². The van der Waals surface area contributed by atoms with Crippen LogP contribution in [0.2, 0.25) is 0 Å². The van der Waals surface area contributed by atoms with Crippen LogP contribution in [0, 0.1) is 9.39 Å². The molecule has 0 saturated carbocycles. The monoisotopic (exact) mass is 489 g/mol. The highest BCUT2D eigenvalue weighted by molar-refractivity contribution is 14.1. The summed E-state index contributed by atoms with van der Waals surface area (Å²) in [6.45, 7) is -0.325. The number of amides is 1. The Hall–Kier alpha value is -1.91. The highest BCUT2D eigenvalue weighted by Crippen LogP contribution is 2.31. The summed E-state index contributed by atoms with van der Waals surface area (Å²) in [7, 11) is 1.47. The lowest BCUT2D eigenvalue weighted by atomic mass is 9.97. The van der Waals surface area contributed by atoms with E-state index in [1.165, 1.54) is 19.2 Å². The molecule has 2 aromatic rings. The molecular weight excluding hydrogens is 468 g/mol. The number of carbonyl (C=O) groups is 1. The summed E-state index contributed by atoms with van der Waals surface area (Å²) < 4.78 is 25.9. The van der Waals surface area contributed by atoms with Crippen LogP contribution >= 0.6 is 22.6 Å². The molecule has 0 bridgehead atoms. The number of nitrogens with two attached hydrogens (primary N) is 1. The Morgan fingerprint density at radius 1 is 1.30 bits per heavy atom. The van der Waals surface area contributed by atoms with E-state index in [-0.39, 0.29) is 43.2 Å². The maximum atomic E-state index is 14.2. The zero-order valence-corrected chi connectivity index (χ0v) is 16.9. The average molecular weight is 489 g/mol. The number of halogens is 2. The number of aliphatic hydroxyl groups is 2. The number of aliphatic hydroxyl groups excluding tert-OH is 2. The first-order chi connectivity index (χ1) is 12.8. The molecule has 0 unspecified atom stereocenters. The number of carbonyl (C=O) groups excluding carboxylic acids is 1. The second kappa shape index (κ2) is 9.86. The summed E-state index contributed by atoms with van der Waals surface area (Å²) in [6, 6.07) is 7.97. The number of benzene rings is 2. The molecule has 2 rings (SSSR count). The minimum Gasteiger partial charge on any atom is -0.497 e. The summed E-state index contributed by atoms with van der Waals surface area (Å²) in [5, 5.41) is 18.3. The van der Waals surface area contributed by atoms with Crippen molar-refractivity contribution in [1.29, 1.82) is 0 Å². The molecule has 0 fully saturated rings. The number of ether oxygens (including phenoxy) is 2. The van der Waals surface area contributed by atoms with Gasteiger partial charge in [0.05, 0.1) is 32.0 Å². The van der Waals surface area contributed by atoms with Crippen LogP contribution in [0.4, 0.5) is 4.39 Å². The molecule has 6 nitrogen and oxygen atoms in total. The molecule has 0 radical (unpaired) electrons. The van der Waals surface area contributed by atoms with E-state index in [0.717, 1.165) is 3.57 Å². The fraction of sp³-hybridized carbons (Fsp3) is 0.316. The molecule has 0 spiro atoms. The lowest BCUT2D eigenvalue weighted by Gasteiger charge is -2.17. The fourth-order valence-electron chi connectivity index (χ4n) is 2.56. The normalized spacial score (nSPS) is 11.9. The molecule has 0 heterocycles. The van der Waals surface area contributed by atoms with Gasteiger partial charge in [-0.1, -0.05) is 6.07 Å². The van der Waals surface area contributed by atoms with Gasteiger partial charge in [0.15, 0.2) is 0 Å². The third-order valence-corrected chi connectivity index (χ3v) is 4.63. The van der Waals surface area contributed by atoms with Crippen LogP contribution in [0.3, 0.4) is 0 Å². The molecule has 0 aliphatic rings. The van der Waals surface area contributed by atoms with Crippen molar-refractivity contribution in [3.8, 4) is 11.5 Å². The summed E-state index contributed by atoms with van der Waals surface area (Å²) in [5.74, 6) is -0.475. The van der Waals surface area contributed by atoms with Crippen molar-refractivity contribution < 1.29 is 28.9 Å². The van der Waals surface area contributed by atoms with Crippen molar-refractivity contribution >= 4 is 28.5 Å². The lowest BCUT2D eigenvalue weighted by molar-refractivity contribution is 0.0751. The maximum absolute atomic E-state index is 14.2. The van der Waals surface area contributed by atoms with Gasteiger partial charge in [-0.15, -0.1) is 0 Å². The summed E-state index contributed by atoms with van der Waals surface area (Å²) in [5.41, 5.74) is 6.55. The zero-order valence-electron chi connectivity index (χ0n) is 14.7. The van der Waals surface area contributed by atoms with Crippen LogP contribution in [-0.4, -0.2) is 42.5 Å². The average Bonchev–Trinajstić information content (AvgIpc) is 2.63. The first kappa shape index (κ1) is 21.4. The van der Waals surface area contributed by atoms with Crippen molar-refractivity contribution in [2.45, 2.75) is 18.9 Å². The Morgan fingerprint density at radius 3 is 2.63 bits per heavy atom. The van der Waals surface area contributed by atoms with Gasteiger partial charge in [-0.2, -0.15) is 0 Å². The zero-order chi connectivity index (χ0) is 20.0. The lowest BCUT2D eigenvalue weighted by Crippen LogP contribution is -2.19. The molecule has 0 aliphatic carbocycles. The second-order valence-electron chi connectivity index (χ2n) is 5.91. The third-order valence-electron chi connectivity index (χ3n) is 3.95. The predicted molar refractivity (Wildman–Crippen MR) is 107 cm³/mol. The van der Waals surface area contributed by atoms with E-state index in [2.05, 4.69) is 0 Å². The number of hydrogen-bond donors (Lipinski definition) is 3. The van der Waals surface area contributed by atoms with Crippen molar-refractivity contribution in [3.63, 3.8) is 0 Å². The summed E-state index contributed by atoms with van der Waals surface area (Å²) in [6.07, 6.45) is -0.617. The Balaban J connectivity index is 2.39. The minimum atomic E-state index is -0.923. The first-order valence-corrected chi connectivity index (χ1v) is 9.30. The minimum absolute atomic E-state index is 0.0620. The smallest absolute Gasteiger partial charge is 0.252 e. The van der Waals surface area contributed by atoms with Crippen LogP contribution < -0.4 is 15.2 Å². The topological polar surface area (TPSA) is 102 Å². The van der Waals surface area contributed by atoms with E-state index in [1.54, 1.807) is 18.2 Å². The van der Waals surface area contributed by atoms with Gasteiger partial charge in [0, 0.05) is 22.5 Å². The Labute approximate surface area is 170 Å². The predicted octanol–water partition coefficient (Wildman–Crippen LogP) is 2.25. The SMILES string of the molecule is COc1cc(Cc2ccc(I)cc2F)c(C(N)=O)c(OCC[C@@H](O)CO)c1. The molecule has 27 heavy (non-hydrogen) atoms. The molecule has 0 aliphatic heterocycles. The first-order valence-electron chi connectivity index (χ1n) is 8.22. The van der Waals surface area contributed by atoms with Gasteiger partial charge < -0.3 is 25.4 Å². The number of rotatable bonds is 9. The number of methoxy groups -OCH3 is 1. The van der Waals surface area contributed by atoms with E-state index in [1.807, 2.05) is 22.6 Å². The van der Waals surface area contributed by atoms with Crippen molar-refractivity contribution in [2.75, 3.05) is 20.3 Å². The fourth-order valence-corrected chi connectivity index (χ4v) is 3.02. The van der Waals surface area contributed by atoms with E-state index in [9.17, 15) is 14.3 Å². The molecule has 0 saturated heterocycles.